The first-order valence-corrected chi connectivity index (χ1v) is 20.2. The van der Waals surface area contributed by atoms with Gasteiger partial charge >= 0.3 is 0 Å². The first-order chi connectivity index (χ1) is 24.0. The molecule has 8 nitrogen and oxygen atoms in total. The van der Waals surface area contributed by atoms with Crippen molar-refractivity contribution in [2.45, 2.75) is 191 Å². The minimum absolute atomic E-state index is 0.0197. The Morgan fingerprint density at radius 1 is 0.840 bits per heavy atom. The van der Waals surface area contributed by atoms with Crippen molar-refractivity contribution >= 4 is 0 Å². The van der Waals surface area contributed by atoms with Gasteiger partial charge in [0.25, 0.3) is 0 Å². The Morgan fingerprint density at radius 3 is 2.36 bits per heavy atom. The van der Waals surface area contributed by atoms with Crippen LogP contribution in [-0.2, 0) is 33.2 Å². The van der Waals surface area contributed by atoms with Crippen molar-refractivity contribution in [2.75, 3.05) is 6.61 Å². The lowest BCUT2D eigenvalue weighted by Gasteiger charge is -2.42. The minimum Gasteiger partial charge on any atom is -0.396 e. The molecule has 8 rings (SSSR count). The summed E-state index contributed by atoms with van der Waals surface area (Å²) in [6.07, 6.45) is 13.3. The quantitative estimate of drug-likeness (QED) is 0.177. The summed E-state index contributed by atoms with van der Waals surface area (Å²) in [6.45, 7) is 24.5. The van der Waals surface area contributed by atoms with E-state index in [2.05, 4.69) is 54.4 Å². The molecule has 0 spiro atoms. The van der Waals surface area contributed by atoms with Crippen molar-refractivity contribution in [1.82, 2.24) is 0 Å². The Balaban J connectivity index is 0.911. The van der Waals surface area contributed by atoms with Crippen LogP contribution in [0.5, 0.6) is 0 Å². The number of aliphatic hydroxyl groups is 1. The van der Waals surface area contributed by atoms with Crippen molar-refractivity contribution in [2.24, 2.45) is 29.6 Å². The topological polar surface area (TPSA) is 84.8 Å². The summed E-state index contributed by atoms with van der Waals surface area (Å²) in [7, 11) is 0. The molecule has 8 heteroatoms. The molecule has 0 aromatic heterocycles. The van der Waals surface area contributed by atoms with Crippen molar-refractivity contribution in [1.29, 1.82) is 0 Å². The van der Waals surface area contributed by atoms with Crippen LogP contribution in [0.1, 0.15) is 112 Å². The fourth-order valence-corrected chi connectivity index (χ4v) is 10.6. The summed E-state index contributed by atoms with van der Waals surface area (Å²) in [4.78, 5) is 0. The van der Waals surface area contributed by atoms with Gasteiger partial charge in [-0.1, -0.05) is 60.3 Å². The van der Waals surface area contributed by atoms with Crippen LogP contribution in [0.15, 0.2) is 37.0 Å². The fraction of sp³-hybridized carbons (Fsp3) is 0.857. The molecule has 282 valence electrons. The summed E-state index contributed by atoms with van der Waals surface area (Å²) < 4.78 is 46.8. The molecule has 3 unspecified atom stereocenters. The lowest BCUT2D eigenvalue weighted by molar-refractivity contribution is -0.262. The zero-order valence-corrected chi connectivity index (χ0v) is 31.5. The average Bonchev–Trinajstić information content (AvgIpc) is 3.75. The highest BCUT2D eigenvalue weighted by Gasteiger charge is 2.67. The summed E-state index contributed by atoms with van der Waals surface area (Å²) in [5, 5.41) is 9.90. The SMILES string of the molecule is C=CC[C@@H]1O[C@H]2[C@H]3O[C@]4(CC[C@H]5CC(=C)C(CC[C@H]6C[C@@H](C)C(=C)C(C[C@@H]7O[C@H](C[C@H](C)CC)[C@H](C)[C@H]7CCO)O6)O5)C[C@H]3O[C@H]2[C@@H](O4)C1C. The van der Waals surface area contributed by atoms with E-state index in [1.54, 1.807) is 0 Å². The number of rotatable bonds is 15. The van der Waals surface area contributed by atoms with Crippen LogP contribution in [0, 0.1) is 29.6 Å². The first-order valence-electron chi connectivity index (χ1n) is 20.2. The third-order valence-electron chi connectivity index (χ3n) is 14.0. The van der Waals surface area contributed by atoms with Crippen molar-refractivity contribution in [3.8, 4) is 0 Å². The monoisotopic (exact) mass is 698 g/mol. The van der Waals surface area contributed by atoms with E-state index >= 15 is 0 Å². The normalized spacial score (nSPS) is 48.8. The molecule has 0 aromatic rings. The highest BCUT2D eigenvalue weighted by molar-refractivity contribution is 5.14. The third kappa shape index (κ3) is 7.23. The summed E-state index contributed by atoms with van der Waals surface area (Å²) >= 11 is 0. The second kappa shape index (κ2) is 15.3. The van der Waals surface area contributed by atoms with Crippen molar-refractivity contribution < 1.29 is 38.3 Å². The second-order valence-corrected chi connectivity index (χ2v) is 17.4. The molecule has 0 radical (unpaired) electrons. The van der Waals surface area contributed by atoms with Gasteiger partial charge in [0.15, 0.2) is 5.79 Å². The Labute approximate surface area is 301 Å². The van der Waals surface area contributed by atoms with Gasteiger partial charge in [-0.25, -0.2) is 0 Å². The molecule has 18 atom stereocenters. The van der Waals surface area contributed by atoms with E-state index in [0.717, 1.165) is 77.0 Å². The highest BCUT2D eigenvalue weighted by atomic mass is 16.8. The van der Waals surface area contributed by atoms with Gasteiger partial charge in [0, 0.05) is 31.8 Å². The van der Waals surface area contributed by atoms with E-state index < -0.39 is 5.79 Å². The van der Waals surface area contributed by atoms with E-state index in [1.807, 2.05) is 6.08 Å². The molecular weight excluding hydrogens is 632 g/mol. The molecule has 8 heterocycles. The van der Waals surface area contributed by atoms with Gasteiger partial charge in [0.05, 0.1) is 54.9 Å². The van der Waals surface area contributed by atoms with E-state index in [1.165, 1.54) is 11.1 Å². The van der Waals surface area contributed by atoms with E-state index in [4.69, 9.17) is 33.2 Å². The molecule has 0 amide bonds. The van der Waals surface area contributed by atoms with Crippen LogP contribution in [0.3, 0.4) is 0 Å². The second-order valence-electron chi connectivity index (χ2n) is 17.4. The summed E-state index contributed by atoms with van der Waals surface area (Å²) in [5.41, 5.74) is 2.38. The lowest BCUT2D eigenvalue weighted by atomic mass is 9.79. The zero-order chi connectivity index (χ0) is 35.3. The highest BCUT2D eigenvalue weighted by Crippen LogP contribution is 2.54. The molecule has 1 N–H and O–H groups in total. The fourth-order valence-electron chi connectivity index (χ4n) is 10.6. The Hall–Kier alpha value is -1.10. The molecule has 0 saturated carbocycles. The van der Waals surface area contributed by atoms with Crippen LogP contribution in [0.25, 0.3) is 0 Å². The van der Waals surface area contributed by atoms with Crippen LogP contribution in [-0.4, -0.2) is 90.7 Å². The first kappa shape index (κ1) is 37.2. The van der Waals surface area contributed by atoms with E-state index in [0.29, 0.717) is 23.7 Å². The van der Waals surface area contributed by atoms with Gasteiger partial charge in [-0.3, -0.25) is 0 Å². The van der Waals surface area contributed by atoms with Gasteiger partial charge < -0.3 is 38.3 Å². The molecule has 50 heavy (non-hydrogen) atoms. The third-order valence-corrected chi connectivity index (χ3v) is 14.0. The molecule has 0 aliphatic carbocycles. The molecule has 8 aliphatic rings. The van der Waals surface area contributed by atoms with Gasteiger partial charge in [-0.05, 0) is 86.2 Å². The maximum absolute atomic E-state index is 9.90. The van der Waals surface area contributed by atoms with Crippen LogP contribution >= 0.6 is 0 Å². The van der Waals surface area contributed by atoms with Gasteiger partial charge in [0.1, 0.15) is 18.3 Å². The molecule has 6 bridgehead atoms. The predicted molar refractivity (Wildman–Crippen MR) is 193 cm³/mol. The molecule has 8 saturated heterocycles. The van der Waals surface area contributed by atoms with Crippen LogP contribution < -0.4 is 0 Å². The number of ether oxygens (including phenoxy) is 7. The predicted octanol–water partition coefficient (Wildman–Crippen LogP) is 7.47. The largest absolute Gasteiger partial charge is 0.396 e. The van der Waals surface area contributed by atoms with E-state index in [9.17, 15) is 5.11 Å². The van der Waals surface area contributed by atoms with E-state index in [-0.39, 0.29) is 85.8 Å². The van der Waals surface area contributed by atoms with Gasteiger partial charge in [0.2, 0.25) is 0 Å². The molecule has 8 aliphatic heterocycles. The smallest absolute Gasteiger partial charge is 0.172 e. The number of aliphatic hydroxyl groups excluding tert-OH is 1. The van der Waals surface area contributed by atoms with Crippen molar-refractivity contribution in [3.05, 3.63) is 37.0 Å². The Bertz CT molecular complexity index is 1220. The standard InChI is InChI=1S/C42H66O8/c1-9-11-33-28(8)38-40-41(47-33)39-37(48-40)22-42(49-38,50-39)16-14-30-20-25(5)32(44-30)13-12-29-19-24(4)26(6)35(45-29)21-36-31(15-17-43)27(7)34(46-36)18-23(3)10-2/h9,23-24,27-41,43H,1,5-6,10-22H2,2-4,7-8H3/t23-,24-,27-,28?,29+,30+,31-,32?,33+,34-,35?,36+,37-,38+,39+,40+,41+,42-/m1/s1. The van der Waals surface area contributed by atoms with Crippen molar-refractivity contribution in [3.63, 3.8) is 0 Å². The number of hydrogen-bond donors (Lipinski definition) is 1. The lowest BCUT2D eigenvalue weighted by Crippen LogP contribution is -2.54. The Kier molecular flexibility index (Phi) is 11.4. The average molecular weight is 699 g/mol. The molecule has 8 fully saturated rings. The summed E-state index contributed by atoms with van der Waals surface area (Å²) in [5.74, 6) is 1.39. The minimum atomic E-state index is -0.637. The number of hydrogen-bond acceptors (Lipinski definition) is 8. The zero-order valence-electron chi connectivity index (χ0n) is 31.5. The summed E-state index contributed by atoms with van der Waals surface area (Å²) in [6, 6.07) is 0. The molecular formula is C42H66O8. The maximum Gasteiger partial charge on any atom is 0.172 e. The van der Waals surface area contributed by atoms with Crippen LogP contribution in [0.4, 0.5) is 0 Å². The van der Waals surface area contributed by atoms with Crippen LogP contribution in [0.2, 0.25) is 0 Å². The van der Waals surface area contributed by atoms with Gasteiger partial charge in [-0.15, -0.1) is 6.58 Å². The molecule has 0 aromatic carbocycles. The van der Waals surface area contributed by atoms with Gasteiger partial charge in [-0.2, -0.15) is 0 Å². The Morgan fingerprint density at radius 2 is 1.60 bits per heavy atom. The maximum atomic E-state index is 9.90.